The van der Waals surface area contributed by atoms with Gasteiger partial charge in [-0.2, -0.15) is 0 Å². The lowest BCUT2D eigenvalue weighted by atomic mass is 10.0. The topological polar surface area (TPSA) is 17.3 Å². The van der Waals surface area contributed by atoms with E-state index < -0.39 is 0 Å². The van der Waals surface area contributed by atoms with Crippen molar-refractivity contribution < 1.29 is 0 Å². The van der Waals surface area contributed by atoms with Crippen LogP contribution in [0.4, 0.5) is 0 Å². The zero-order valence-electron chi connectivity index (χ0n) is 11.7. The molecular formula is C17H17BrN2. The van der Waals surface area contributed by atoms with Gasteiger partial charge in [-0.3, -0.25) is 0 Å². The molecule has 0 aliphatic carbocycles. The first-order valence-electron chi connectivity index (χ1n) is 6.83. The van der Waals surface area contributed by atoms with E-state index in [-0.39, 0.29) is 0 Å². The summed E-state index contributed by atoms with van der Waals surface area (Å²) in [6.07, 6.45) is 4.06. The maximum absolute atomic E-state index is 4.67. The Morgan fingerprint density at radius 3 is 2.55 bits per heavy atom. The SMILES string of the molecule is Cc1ccccc1CCc1nc(Br)c2c(C)cccn12. The number of aromatic nitrogens is 2. The lowest BCUT2D eigenvalue weighted by Gasteiger charge is -2.05. The van der Waals surface area contributed by atoms with Crippen LogP contribution in [-0.2, 0) is 12.8 Å². The van der Waals surface area contributed by atoms with E-state index in [1.54, 1.807) is 0 Å². The molecule has 2 nitrogen and oxygen atoms in total. The highest BCUT2D eigenvalue weighted by atomic mass is 79.9. The molecule has 3 rings (SSSR count). The largest absolute Gasteiger partial charge is 0.302 e. The summed E-state index contributed by atoms with van der Waals surface area (Å²) >= 11 is 3.58. The van der Waals surface area contributed by atoms with Crippen molar-refractivity contribution in [2.45, 2.75) is 26.7 Å². The number of hydrogen-bond acceptors (Lipinski definition) is 1. The van der Waals surface area contributed by atoms with E-state index in [2.05, 4.69) is 81.8 Å². The van der Waals surface area contributed by atoms with Gasteiger partial charge < -0.3 is 4.40 Å². The van der Waals surface area contributed by atoms with E-state index in [4.69, 9.17) is 0 Å². The third-order valence-electron chi connectivity index (χ3n) is 3.78. The van der Waals surface area contributed by atoms with Crippen molar-refractivity contribution in [3.63, 3.8) is 0 Å². The average Bonchev–Trinajstić information content (AvgIpc) is 2.76. The molecule has 1 aromatic carbocycles. The molecule has 0 saturated heterocycles. The maximum Gasteiger partial charge on any atom is 0.132 e. The van der Waals surface area contributed by atoms with Crippen LogP contribution < -0.4 is 0 Å². The van der Waals surface area contributed by atoms with Crippen LogP contribution in [-0.4, -0.2) is 9.38 Å². The number of nitrogens with zero attached hydrogens (tertiary/aromatic N) is 2. The van der Waals surface area contributed by atoms with Crippen LogP contribution in [0.1, 0.15) is 22.5 Å². The van der Waals surface area contributed by atoms with E-state index >= 15 is 0 Å². The highest BCUT2D eigenvalue weighted by Gasteiger charge is 2.11. The Kier molecular flexibility index (Phi) is 3.62. The van der Waals surface area contributed by atoms with E-state index in [0.717, 1.165) is 23.3 Å². The minimum absolute atomic E-state index is 0.940. The van der Waals surface area contributed by atoms with Crippen molar-refractivity contribution in [3.8, 4) is 0 Å². The van der Waals surface area contributed by atoms with Gasteiger partial charge in [0.15, 0.2) is 0 Å². The van der Waals surface area contributed by atoms with Gasteiger partial charge in [0.25, 0.3) is 0 Å². The van der Waals surface area contributed by atoms with Crippen LogP contribution in [0.15, 0.2) is 47.2 Å². The second-order valence-electron chi connectivity index (χ2n) is 5.16. The number of aryl methyl sites for hydroxylation is 4. The predicted octanol–water partition coefficient (Wildman–Crippen LogP) is 4.50. The first-order chi connectivity index (χ1) is 9.66. The number of fused-ring (bicyclic) bond motifs is 1. The fourth-order valence-corrected chi connectivity index (χ4v) is 3.34. The molecule has 0 radical (unpaired) electrons. The van der Waals surface area contributed by atoms with Gasteiger partial charge in [0, 0.05) is 12.6 Å². The van der Waals surface area contributed by atoms with E-state index in [1.165, 1.54) is 22.2 Å². The van der Waals surface area contributed by atoms with Crippen molar-refractivity contribution in [2.75, 3.05) is 0 Å². The Hall–Kier alpha value is -1.61. The van der Waals surface area contributed by atoms with Crippen LogP contribution in [0.5, 0.6) is 0 Å². The lowest BCUT2D eigenvalue weighted by Crippen LogP contribution is -1.99. The van der Waals surface area contributed by atoms with E-state index in [1.807, 2.05) is 0 Å². The Bertz CT molecular complexity index is 759. The zero-order valence-corrected chi connectivity index (χ0v) is 13.3. The van der Waals surface area contributed by atoms with Crippen LogP contribution in [0.3, 0.4) is 0 Å². The van der Waals surface area contributed by atoms with Gasteiger partial charge in [0.05, 0.1) is 5.52 Å². The Balaban J connectivity index is 1.93. The molecule has 0 bridgehead atoms. The molecule has 0 spiro atoms. The summed E-state index contributed by atoms with van der Waals surface area (Å²) in [5, 5.41) is 0. The fourth-order valence-electron chi connectivity index (χ4n) is 2.63. The monoisotopic (exact) mass is 328 g/mol. The fraction of sp³-hybridized carbons (Fsp3) is 0.235. The second kappa shape index (κ2) is 5.41. The van der Waals surface area contributed by atoms with Crippen molar-refractivity contribution in [1.82, 2.24) is 9.38 Å². The van der Waals surface area contributed by atoms with Gasteiger partial charge in [0.2, 0.25) is 0 Å². The van der Waals surface area contributed by atoms with Crippen molar-refractivity contribution in [2.24, 2.45) is 0 Å². The van der Waals surface area contributed by atoms with E-state index in [9.17, 15) is 0 Å². The van der Waals surface area contributed by atoms with Crippen molar-refractivity contribution in [3.05, 3.63) is 69.7 Å². The first-order valence-corrected chi connectivity index (χ1v) is 7.62. The number of halogens is 1. The molecule has 0 aliphatic rings. The minimum Gasteiger partial charge on any atom is -0.302 e. The molecule has 0 fully saturated rings. The summed E-state index contributed by atoms with van der Waals surface area (Å²) in [6.45, 7) is 4.28. The average molecular weight is 329 g/mol. The Morgan fingerprint density at radius 2 is 1.75 bits per heavy atom. The zero-order chi connectivity index (χ0) is 14.1. The standard InChI is InChI=1S/C17H17BrN2/c1-12-6-3-4-8-14(12)9-10-15-19-17(18)16-13(2)7-5-11-20(15)16/h3-8,11H,9-10H2,1-2H3. The molecule has 0 atom stereocenters. The second-order valence-corrected chi connectivity index (χ2v) is 5.91. The molecule has 0 amide bonds. The Labute approximate surface area is 127 Å². The number of rotatable bonds is 3. The predicted molar refractivity (Wildman–Crippen MR) is 86.2 cm³/mol. The highest BCUT2D eigenvalue weighted by Crippen LogP contribution is 2.23. The van der Waals surface area contributed by atoms with E-state index in [0.29, 0.717) is 0 Å². The summed E-state index contributed by atoms with van der Waals surface area (Å²) in [5.41, 5.74) is 5.16. The number of hydrogen-bond donors (Lipinski definition) is 0. The molecule has 2 heterocycles. The number of imidazole rings is 1. The summed E-state index contributed by atoms with van der Waals surface area (Å²) in [7, 11) is 0. The van der Waals surface area contributed by atoms with Gasteiger partial charge in [-0.15, -0.1) is 0 Å². The number of benzene rings is 1. The molecule has 3 heteroatoms. The molecule has 0 unspecified atom stereocenters. The maximum atomic E-state index is 4.67. The molecule has 0 aliphatic heterocycles. The molecular weight excluding hydrogens is 312 g/mol. The van der Waals surface area contributed by atoms with Crippen molar-refractivity contribution in [1.29, 1.82) is 0 Å². The third-order valence-corrected chi connectivity index (χ3v) is 4.33. The first kappa shape index (κ1) is 13.4. The smallest absolute Gasteiger partial charge is 0.132 e. The number of pyridine rings is 1. The minimum atomic E-state index is 0.940. The van der Waals surface area contributed by atoms with Crippen LogP contribution in [0.25, 0.3) is 5.52 Å². The van der Waals surface area contributed by atoms with Crippen molar-refractivity contribution >= 4 is 21.4 Å². The van der Waals surface area contributed by atoms with Gasteiger partial charge in [-0.1, -0.05) is 30.3 Å². The molecule has 3 aromatic rings. The third kappa shape index (κ3) is 2.38. The van der Waals surface area contributed by atoms with Gasteiger partial charge in [-0.05, 0) is 59.0 Å². The van der Waals surface area contributed by atoms with Gasteiger partial charge in [0.1, 0.15) is 10.4 Å². The Morgan fingerprint density at radius 1 is 1.00 bits per heavy atom. The van der Waals surface area contributed by atoms with Gasteiger partial charge >= 0.3 is 0 Å². The van der Waals surface area contributed by atoms with Crippen LogP contribution >= 0.6 is 15.9 Å². The lowest BCUT2D eigenvalue weighted by molar-refractivity contribution is 0.847. The summed E-state index contributed by atoms with van der Waals surface area (Å²) in [5.74, 6) is 1.11. The molecule has 0 saturated carbocycles. The molecule has 102 valence electrons. The summed E-state index contributed by atoms with van der Waals surface area (Å²) in [6, 6.07) is 12.8. The summed E-state index contributed by atoms with van der Waals surface area (Å²) in [4.78, 5) is 4.67. The van der Waals surface area contributed by atoms with Crippen LogP contribution in [0, 0.1) is 13.8 Å². The normalized spacial score (nSPS) is 11.2. The summed E-state index contributed by atoms with van der Waals surface area (Å²) < 4.78 is 3.13. The van der Waals surface area contributed by atoms with Gasteiger partial charge in [-0.25, -0.2) is 4.98 Å². The molecule has 20 heavy (non-hydrogen) atoms. The molecule has 2 aromatic heterocycles. The van der Waals surface area contributed by atoms with Crippen LogP contribution in [0.2, 0.25) is 0 Å². The highest BCUT2D eigenvalue weighted by molar-refractivity contribution is 9.10. The molecule has 0 N–H and O–H groups in total. The quantitative estimate of drug-likeness (QED) is 0.692.